The minimum Gasteiger partial charge on any atom is -0.424 e. The van der Waals surface area contributed by atoms with Gasteiger partial charge in [-0.3, -0.25) is 0 Å². The van der Waals surface area contributed by atoms with E-state index in [1.54, 1.807) is 6.92 Å². The molecule has 1 aliphatic rings. The van der Waals surface area contributed by atoms with Crippen LogP contribution in [0.2, 0.25) is 0 Å². The third-order valence-electron chi connectivity index (χ3n) is 3.10. The van der Waals surface area contributed by atoms with Gasteiger partial charge >= 0.3 is 0 Å². The Labute approximate surface area is 100 Å². The molecule has 0 saturated heterocycles. The summed E-state index contributed by atoms with van der Waals surface area (Å²) in [6.07, 6.45) is 1.19. The maximum Gasteiger partial charge on any atom is 0.230 e. The average Bonchev–Trinajstić information content (AvgIpc) is 3.03. The summed E-state index contributed by atoms with van der Waals surface area (Å²) in [6.45, 7) is 2.47. The molecule has 0 spiro atoms. The van der Waals surface area contributed by atoms with Crippen LogP contribution >= 0.6 is 0 Å². The van der Waals surface area contributed by atoms with Crippen LogP contribution in [0.5, 0.6) is 0 Å². The van der Waals surface area contributed by atoms with E-state index in [0.717, 1.165) is 0 Å². The van der Waals surface area contributed by atoms with Crippen LogP contribution in [-0.4, -0.2) is 16.2 Å². The van der Waals surface area contributed by atoms with E-state index in [2.05, 4.69) is 45.8 Å². The van der Waals surface area contributed by atoms with Crippen LogP contribution in [0.15, 0.2) is 34.7 Å². The van der Waals surface area contributed by atoms with Crippen molar-refractivity contribution in [2.24, 2.45) is 0 Å². The van der Waals surface area contributed by atoms with Crippen molar-refractivity contribution in [2.45, 2.75) is 31.8 Å². The van der Waals surface area contributed by atoms with Crippen LogP contribution in [0.1, 0.15) is 29.7 Å². The zero-order valence-corrected chi connectivity index (χ0v) is 9.76. The van der Waals surface area contributed by atoms with Gasteiger partial charge in [-0.2, -0.15) is 0 Å². The van der Waals surface area contributed by atoms with E-state index < -0.39 is 0 Å². The fourth-order valence-electron chi connectivity index (χ4n) is 2.12. The fourth-order valence-corrected chi connectivity index (χ4v) is 2.12. The zero-order chi connectivity index (χ0) is 11.7. The molecular formula is C13H15N3O. The van der Waals surface area contributed by atoms with Gasteiger partial charge < -0.3 is 9.73 Å². The molecule has 1 heterocycles. The lowest BCUT2D eigenvalue weighted by Gasteiger charge is -2.01. The molecule has 0 aliphatic heterocycles. The Hall–Kier alpha value is -1.68. The van der Waals surface area contributed by atoms with Gasteiger partial charge in [-0.05, 0) is 12.0 Å². The Morgan fingerprint density at radius 3 is 2.82 bits per heavy atom. The van der Waals surface area contributed by atoms with Crippen LogP contribution in [0.25, 0.3) is 0 Å². The number of hydrogen-bond acceptors (Lipinski definition) is 4. The highest BCUT2D eigenvalue weighted by Gasteiger charge is 2.37. The van der Waals surface area contributed by atoms with E-state index >= 15 is 0 Å². The third kappa shape index (κ3) is 2.36. The average molecular weight is 229 g/mol. The summed E-state index contributed by atoms with van der Waals surface area (Å²) in [4.78, 5) is 0. The second-order valence-electron chi connectivity index (χ2n) is 4.46. The number of hydrogen-bond donors (Lipinski definition) is 1. The zero-order valence-electron chi connectivity index (χ0n) is 9.76. The van der Waals surface area contributed by atoms with E-state index in [1.807, 2.05) is 0 Å². The van der Waals surface area contributed by atoms with E-state index in [1.165, 1.54) is 12.0 Å². The highest BCUT2D eigenvalue weighted by molar-refractivity contribution is 5.27. The van der Waals surface area contributed by atoms with Crippen molar-refractivity contribution in [1.82, 2.24) is 15.5 Å². The molecule has 88 valence electrons. The summed E-state index contributed by atoms with van der Waals surface area (Å²) in [5, 5.41) is 11.2. The Morgan fingerprint density at radius 2 is 2.12 bits per heavy atom. The lowest BCUT2D eigenvalue weighted by Crippen LogP contribution is -2.17. The van der Waals surface area contributed by atoms with Gasteiger partial charge in [0, 0.05) is 18.9 Å². The molecule has 17 heavy (non-hydrogen) atoms. The first-order chi connectivity index (χ1) is 8.33. The van der Waals surface area contributed by atoms with Crippen molar-refractivity contribution in [3.05, 3.63) is 47.7 Å². The number of aromatic nitrogens is 2. The van der Waals surface area contributed by atoms with Crippen LogP contribution in [0, 0.1) is 6.92 Å². The second kappa shape index (κ2) is 4.30. The predicted molar refractivity (Wildman–Crippen MR) is 63.5 cm³/mol. The summed E-state index contributed by atoms with van der Waals surface area (Å²) in [5.41, 5.74) is 1.41. The molecule has 2 unspecified atom stereocenters. The smallest absolute Gasteiger partial charge is 0.230 e. The normalized spacial score (nSPS) is 22.6. The predicted octanol–water partition coefficient (Wildman–Crippen LogP) is 2.02. The first-order valence-corrected chi connectivity index (χ1v) is 5.90. The van der Waals surface area contributed by atoms with Crippen molar-refractivity contribution in [2.75, 3.05) is 0 Å². The SMILES string of the molecule is Cc1nnc(CNC2CC2c2ccccc2)o1. The minimum atomic E-state index is 0.546. The Morgan fingerprint density at radius 1 is 1.29 bits per heavy atom. The molecule has 0 radical (unpaired) electrons. The largest absolute Gasteiger partial charge is 0.424 e. The van der Waals surface area contributed by atoms with Crippen LogP contribution in [0.3, 0.4) is 0 Å². The summed E-state index contributed by atoms with van der Waals surface area (Å²) < 4.78 is 5.32. The van der Waals surface area contributed by atoms with Gasteiger partial charge in [0.25, 0.3) is 0 Å². The topological polar surface area (TPSA) is 51.0 Å². The summed E-state index contributed by atoms with van der Waals surface area (Å²) >= 11 is 0. The molecule has 1 aliphatic carbocycles. The molecule has 4 nitrogen and oxygen atoms in total. The quantitative estimate of drug-likeness (QED) is 0.871. The molecule has 2 aromatic rings. The van der Waals surface area contributed by atoms with E-state index in [4.69, 9.17) is 4.42 Å². The van der Waals surface area contributed by atoms with Crippen molar-refractivity contribution in [3.8, 4) is 0 Å². The maximum absolute atomic E-state index is 5.32. The maximum atomic E-state index is 5.32. The lowest BCUT2D eigenvalue weighted by atomic mass is 10.1. The molecule has 1 N–H and O–H groups in total. The third-order valence-corrected chi connectivity index (χ3v) is 3.10. The molecule has 1 fully saturated rings. The van der Waals surface area contributed by atoms with Crippen molar-refractivity contribution in [3.63, 3.8) is 0 Å². The van der Waals surface area contributed by atoms with Crippen LogP contribution < -0.4 is 5.32 Å². The number of benzene rings is 1. The summed E-state index contributed by atoms with van der Waals surface area (Å²) in [5.74, 6) is 1.93. The van der Waals surface area contributed by atoms with Crippen LogP contribution in [-0.2, 0) is 6.54 Å². The molecule has 2 atom stereocenters. The number of aryl methyl sites for hydroxylation is 1. The number of nitrogens with zero attached hydrogens (tertiary/aromatic N) is 2. The number of rotatable bonds is 4. The van der Waals surface area contributed by atoms with Crippen molar-refractivity contribution >= 4 is 0 Å². The molecule has 4 heteroatoms. The van der Waals surface area contributed by atoms with E-state index in [9.17, 15) is 0 Å². The molecule has 3 rings (SSSR count). The Kier molecular flexibility index (Phi) is 2.65. The van der Waals surface area contributed by atoms with E-state index in [0.29, 0.717) is 30.3 Å². The monoisotopic (exact) mass is 229 g/mol. The highest BCUT2D eigenvalue weighted by Crippen LogP contribution is 2.40. The van der Waals surface area contributed by atoms with Gasteiger partial charge in [-0.25, -0.2) is 0 Å². The number of nitrogens with one attached hydrogen (secondary N) is 1. The molecule has 0 bridgehead atoms. The summed E-state index contributed by atoms with van der Waals surface area (Å²) in [7, 11) is 0. The summed E-state index contributed by atoms with van der Waals surface area (Å²) in [6, 6.07) is 11.1. The standard InChI is InChI=1S/C13H15N3O/c1-9-15-16-13(17-9)8-14-12-7-11(12)10-5-3-2-4-6-10/h2-6,11-12,14H,7-8H2,1H3. The van der Waals surface area contributed by atoms with Gasteiger partial charge in [-0.15, -0.1) is 10.2 Å². The molecule has 1 aromatic heterocycles. The lowest BCUT2D eigenvalue weighted by molar-refractivity contribution is 0.445. The van der Waals surface area contributed by atoms with Gasteiger partial charge in [0.1, 0.15) is 0 Å². The Bertz CT molecular complexity index is 494. The first kappa shape index (κ1) is 10.5. The molecule has 0 amide bonds. The molecular weight excluding hydrogens is 214 g/mol. The van der Waals surface area contributed by atoms with Gasteiger partial charge in [0.15, 0.2) is 0 Å². The van der Waals surface area contributed by atoms with Gasteiger partial charge in [0.05, 0.1) is 6.54 Å². The van der Waals surface area contributed by atoms with Gasteiger partial charge in [-0.1, -0.05) is 30.3 Å². The minimum absolute atomic E-state index is 0.546. The second-order valence-corrected chi connectivity index (χ2v) is 4.46. The van der Waals surface area contributed by atoms with Crippen molar-refractivity contribution < 1.29 is 4.42 Å². The molecule has 1 aromatic carbocycles. The van der Waals surface area contributed by atoms with Crippen molar-refractivity contribution in [1.29, 1.82) is 0 Å². The first-order valence-electron chi connectivity index (χ1n) is 5.90. The highest BCUT2D eigenvalue weighted by atomic mass is 16.4. The fraction of sp³-hybridized carbons (Fsp3) is 0.385. The van der Waals surface area contributed by atoms with Crippen LogP contribution in [0.4, 0.5) is 0 Å². The molecule has 1 saturated carbocycles. The Balaban J connectivity index is 1.53. The van der Waals surface area contributed by atoms with Gasteiger partial charge in [0.2, 0.25) is 11.8 Å². The van der Waals surface area contributed by atoms with E-state index in [-0.39, 0.29) is 0 Å².